The van der Waals surface area contributed by atoms with Crippen LogP contribution in [0.5, 0.6) is 0 Å². The summed E-state index contributed by atoms with van der Waals surface area (Å²) in [5, 5.41) is 1.31. The van der Waals surface area contributed by atoms with Crippen LogP contribution in [0.3, 0.4) is 0 Å². The van der Waals surface area contributed by atoms with Crippen LogP contribution in [0.2, 0.25) is 19.6 Å². The SMILES string of the molecule is [2H]C([2H])([2H])c1c[c-]c(-c2ccc([Si](C)(C)C)cn2)cc1.[Ir]. The van der Waals surface area contributed by atoms with Gasteiger partial charge >= 0.3 is 0 Å². The monoisotopic (exact) mass is 436 g/mol. The molecule has 0 aliphatic heterocycles. The van der Waals surface area contributed by atoms with Crippen molar-refractivity contribution < 1.29 is 24.2 Å². The fourth-order valence-corrected chi connectivity index (χ4v) is 2.62. The van der Waals surface area contributed by atoms with Gasteiger partial charge in [-0.05, 0) is 10.9 Å². The van der Waals surface area contributed by atoms with Crippen LogP contribution in [0.1, 0.15) is 9.68 Å². The molecule has 1 aromatic carbocycles. The second-order valence-electron chi connectivity index (χ2n) is 5.17. The molecular formula is C15H18IrNSi-. The van der Waals surface area contributed by atoms with Gasteiger partial charge < -0.3 is 4.98 Å². The molecule has 2 rings (SSSR count). The molecule has 0 aliphatic carbocycles. The molecule has 0 saturated carbocycles. The first-order valence-electron chi connectivity index (χ1n) is 7.17. The Morgan fingerprint density at radius 3 is 2.39 bits per heavy atom. The molecule has 0 saturated heterocycles. The van der Waals surface area contributed by atoms with Gasteiger partial charge in [-0.1, -0.05) is 38.6 Å². The Morgan fingerprint density at radius 2 is 1.94 bits per heavy atom. The van der Waals surface area contributed by atoms with E-state index < -0.39 is 14.9 Å². The molecule has 0 unspecified atom stereocenters. The predicted molar refractivity (Wildman–Crippen MR) is 76.2 cm³/mol. The van der Waals surface area contributed by atoms with Crippen LogP contribution in [0.25, 0.3) is 11.3 Å². The minimum Gasteiger partial charge on any atom is -0.305 e. The maximum atomic E-state index is 7.35. The van der Waals surface area contributed by atoms with Gasteiger partial charge in [0.25, 0.3) is 0 Å². The molecule has 0 aliphatic rings. The van der Waals surface area contributed by atoms with E-state index in [2.05, 4.69) is 36.8 Å². The molecule has 0 N–H and O–H groups in total. The molecule has 18 heavy (non-hydrogen) atoms. The van der Waals surface area contributed by atoms with Crippen molar-refractivity contribution in [3.8, 4) is 11.3 Å². The van der Waals surface area contributed by atoms with Crippen molar-refractivity contribution in [2.45, 2.75) is 26.5 Å². The summed E-state index contributed by atoms with van der Waals surface area (Å²) in [5.41, 5.74) is 1.95. The van der Waals surface area contributed by atoms with Gasteiger partial charge in [0.1, 0.15) is 0 Å². The van der Waals surface area contributed by atoms with Crippen LogP contribution in [0.4, 0.5) is 0 Å². The fourth-order valence-electron chi connectivity index (χ4n) is 1.58. The zero-order valence-electron chi connectivity index (χ0n) is 13.7. The van der Waals surface area contributed by atoms with Crippen molar-refractivity contribution in [2.75, 3.05) is 0 Å². The first kappa shape index (κ1) is 11.1. The van der Waals surface area contributed by atoms with E-state index in [0.717, 1.165) is 11.3 Å². The number of aryl methyl sites for hydroxylation is 1. The molecule has 0 amide bonds. The molecule has 1 nitrogen and oxygen atoms in total. The van der Waals surface area contributed by atoms with Crippen molar-refractivity contribution in [3.63, 3.8) is 0 Å². The second-order valence-corrected chi connectivity index (χ2v) is 10.3. The van der Waals surface area contributed by atoms with E-state index in [1.54, 1.807) is 12.1 Å². The maximum absolute atomic E-state index is 7.35. The van der Waals surface area contributed by atoms with Gasteiger partial charge in [-0.25, -0.2) is 0 Å². The molecule has 1 heterocycles. The number of nitrogens with zero attached hydrogens (tertiary/aromatic N) is 1. The Kier molecular flexibility index (Phi) is 3.65. The van der Waals surface area contributed by atoms with Gasteiger partial charge in [0.05, 0.1) is 8.07 Å². The summed E-state index contributed by atoms with van der Waals surface area (Å²) in [6.07, 6.45) is 1.92. The summed E-state index contributed by atoms with van der Waals surface area (Å²) >= 11 is 0. The van der Waals surface area contributed by atoms with E-state index in [4.69, 9.17) is 4.11 Å². The Bertz CT molecular complexity index is 531. The predicted octanol–water partition coefficient (Wildman–Crippen LogP) is 3.40. The standard InChI is InChI=1S/C15H18NSi.Ir/c1-12-5-7-13(8-6-12)15-10-9-14(11-16-15)17(2,3)4;/h5-7,9-11H,1-4H3;/q-1;/i1D3;. The Balaban J connectivity index is 0.00000220. The number of aromatic nitrogens is 1. The summed E-state index contributed by atoms with van der Waals surface area (Å²) in [7, 11) is -1.34. The van der Waals surface area contributed by atoms with Crippen LogP contribution in [-0.2, 0) is 20.1 Å². The van der Waals surface area contributed by atoms with Crippen LogP contribution < -0.4 is 5.19 Å². The van der Waals surface area contributed by atoms with E-state index in [1.165, 1.54) is 11.3 Å². The van der Waals surface area contributed by atoms with Gasteiger partial charge in [-0.15, -0.1) is 35.4 Å². The van der Waals surface area contributed by atoms with Gasteiger partial charge in [0.2, 0.25) is 0 Å². The normalized spacial score (nSPS) is 14.1. The van der Waals surface area contributed by atoms with Crippen molar-refractivity contribution in [2.24, 2.45) is 0 Å². The first-order valence-corrected chi connectivity index (χ1v) is 9.17. The molecule has 0 atom stereocenters. The third-order valence-electron chi connectivity index (χ3n) is 2.72. The zero-order chi connectivity index (χ0) is 15.0. The minimum absolute atomic E-state index is 0. The van der Waals surface area contributed by atoms with Crippen molar-refractivity contribution in [1.29, 1.82) is 0 Å². The first-order chi connectivity index (χ1) is 9.18. The number of benzene rings is 1. The van der Waals surface area contributed by atoms with Crippen molar-refractivity contribution in [3.05, 3.63) is 48.2 Å². The number of hydrogen-bond acceptors (Lipinski definition) is 1. The summed E-state index contributed by atoms with van der Waals surface area (Å²) in [6, 6.07) is 12.0. The van der Waals surface area contributed by atoms with E-state index in [-0.39, 0.29) is 20.1 Å². The third kappa shape index (κ3) is 3.61. The largest absolute Gasteiger partial charge is 0.305 e. The molecule has 1 radical (unpaired) electrons. The zero-order valence-corrected chi connectivity index (χ0v) is 14.1. The minimum atomic E-state index is -2.08. The van der Waals surface area contributed by atoms with Gasteiger partial charge in [0.15, 0.2) is 0 Å². The molecule has 1 aromatic heterocycles. The van der Waals surface area contributed by atoms with Crippen LogP contribution in [0.15, 0.2) is 36.5 Å². The van der Waals surface area contributed by atoms with Crippen LogP contribution >= 0.6 is 0 Å². The Morgan fingerprint density at radius 1 is 1.17 bits per heavy atom. The van der Waals surface area contributed by atoms with Crippen LogP contribution in [0, 0.1) is 12.9 Å². The fraction of sp³-hybridized carbons (Fsp3) is 0.267. The van der Waals surface area contributed by atoms with Gasteiger partial charge in [-0.3, -0.25) is 0 Å². The summed E-state index contributed by atoms with van der Waals surface area (Å²) in [5.74, 6) is 0. The Hall–Kier alpha value is -0.764. The van der Waals surface area contributed by atoms with Crippen molar-refractivity contribution >= 4 is 13.3 Å². The van der Waals surface area contributed by atoms with E-state index in [1.807, 2.05) is 12.3 Å². The van der Waals surface area contributed by atoms with Crippen LogP contribution in [-0.4, -0.2) is 13.1 Å². The second kappa shape index (κ2) is 5.92. The third-order valence-corrected chi connectivity index (χ3v) is 4.75. The quantitative estimate of drug-likeness (QED) is 0.521. The Labute approximate surface area is 128 Å². The number of rotatable bonds is 2. The molecule has 0 bridgehead atoms. The topological polar surface area (TPSA) is 12.9 Å². The van der Waals surface area contributed by atoms with Crippen molar-refractivity contribution in [1.82, 2.24) is 4.98 Å². The molecular weight excluding hydrogens is 414 g/mol. The number of hydrogen-bond donors (Lipinski definition) is 0. The average Bonchev–Trinajstić information content (AvgIpc) is 2.37. The molecule has 97 valence electrons. The smallest absolute Gasteiger partial charge is 0.0795 e. The summed E-state index contributed by atoms with van der Waals surface area (Å²) < 4.78 is 22.0. The van der Waals surface area contributed by atoms with E-state index in [0.29, 0.717) is 5.56 Å². The van der Waals surface area contributed by atoms with Gasteiger partial charge in [-0.2, -0.15) is 0 Å². The molecule has 2 aromatic rings. The maximum Gasteiger partial charge on any atom is 0.0795 e. The van der Waals surface area contributed by atoms with E-state index in [9.17, 15) is 0 Å². The average molecular weight is 436 g/mol. The van der Waals surface area contributed by atoms with E-state index >= 15 is 0 Å². The summed E-state index contributed by atoms with van der Waals surface area (Å²) in [6.45, 7) is 4.76. The molecule has 0 spiro atoms. The number of pyridine rings is 1. The molecule has 0 fully saturated rings. The molecule has 3 heteroatoms. The van der Waals surface area contributed by atoms with Gasteiger partial charge in [0, 0.05) is 30.4 Å². The summed E-state index contributed by atoms with van der Waals surface area (Å²) in [4.78, 5) is 4.47.